The molecule has 1 unspecified atom stereocenters. The molecule has 0 aliphatic heterocycles. The van der Waals surface area contributed by atoms with Crippen molar-refractivity contribution in [3.8, 4) is 5.75 Å². The van der Waals surface area contributed by atoms with Crippen LogP contribution in [0.2, 0.25) is 5.02 Å². The summed E-state index contributed by atoms with van der Waals surface area (Å²) in [6.07, 6.45) is -0.511. The first kappa shape index (κ1) is 18.6. The van der Waals surface area contributed by atoms with Crippen LogP contribution in [0.5, 0.6) is 5.75 Å². The van der Waals surface area contributed by atoms with Crippen LogP contribution in [0.15, 0.2) is 48.5 Å². The van der Waals surface area contributed by atoms with Gasteiger partial charge in [-0.2, -0.15) is 0 Å². The molecule has 2 aromatic carbocycles. The maximum Gasteiger partial charge on any atom is 0.337 e. The van der Waals surface area contributed by atoms with Gasteiger partial charge >= 0.3 is 12.0 Å². The van der Waals surface area contributed by atoms with Gasteiger partial charge in [0.1, 0.15) is 5.75 Å². The third-order valence-electron chi connectivity index (χ3n) is 3.29. The molecule has 0 radical (unpaired) electrons. The van der Waals surface area contributed by atoms with Crippen molar-refractivity contribution in [1.29, 1.82) is 0 Å². The number of carbonyl (C=O) groups is 2. The Hall–Kier alpha value is -2.73. The standard InChI is InChI=1S/C18H19ClN2O4/c1-12(25-16-9-7-15(19)8-10-16)21-18(23)20-11-13-3-5-14(6-4-13)17(22)24-2/h3-10,12H,11H2,1-2H3,(H2,20,21,23). The second kappa shape index (κ2) is 8.94. The summed E-state index contributed by atoms with van der Waals surface area (Å²) in [5.74, 6) is 0.209. The zero-order chi connectivity index (χ0) is 18.2. The summed E-state index contributed by atoms with van der Waals surface area (Å²) in [5.41, 5.74) is 1.31. The minimum atomic E-state index is -0.511. The molecule has 132 valence electrons. The van der Waals surface area contributed by atoms with Crippen LogP contribution in [0.25, 0.3) is 0 Å². The van der Waals surface area contributed by atoms with Crippen molar-refractivity contribution in [1.82, 2.24) is 10.6 Å². The Bertz CT molecular complexity index is 717. The molecule has 7 heteroatoms. The summed E-state index contributed by atoms with van der Waals surface area (Å²) in [6.45, 7) is 2.04. The molecule has 0 fully saturated rings. The number of hydrogen-bond acceptors (Lipinski definition) is 4. The van der Waals surface area contributed by atoms with Crippen LogP contribution in [-0.4, -0.2) is 25.3 Å². The van der Waals surface area contributed by atoms with Crippen molar-refractivity contribution in [2.75, 3.05) is 7.11 Å². The van der Waals surface area contributed by atoms with Crippen molar-refractivity contribution in [2.24, 2.45) is 0 Å². The van der Waals surface area contributed by atoms with E-state index in [2.05, 4.69) is 15.4 Å². The monoisotopic (exact) mass is 362 g/mol. The number of nitrogens with one attached hydrogen (secondary N) is 2. The van der Waals surface area contributed by atoms with Gasteiger partial charge in [-0.15, -0.1) is 0 Å². The lowest BCUT2D eigenvalue weighted by Crippen LogP contribution is -2.43. The predicted molar refractivity (Wildman–Crippen MR) is 94.7 cm³/mol. The van der Waals surface area contributed by atoms with E-state index < -0.39 is 12.2 Å². The molecule has 2 amide bonds. The van der Waals surface area contributed by atoms with Crippen LogP contribution in [0.4, 0.5) is 4.79 Å². The smallest absolute Gasteiger partial charge is 0.337 e. The van der Waals surface area contributed by atoms with Crippen LogP contribution < -0.4 is 15.4 Å². The Morgan fingerprint density at radius 2 is 1.72 bits per heavy atom. The summed E-state index contributed by atoms with van der Waals surface area (Å²) >= 11 is 5.81. The first-order valence-electron chi connectivity index (χ1n) is 7.62. The van der Waals surface area contributed by atoms with E-state index in [0.717, 1.165) is 5.56 Å². The topological polar surface area (TPSA) is 76.7 Å². The van der Waals surface area contributed by atoms with Crippen LogP contribution in [0.3, 0.4) is 0 Å². The van der Waals surface area contributed by atoms with E-state index in [-0.39, 0.29) is 6.03 Å². The summed E-state index contributed by atoms with van der Waals surface area (Å²) in [7, 11) is 1.33. The second-order valence-electron chi connectivity index (χ2n) is 5.23. The summed E-state index contributed by atoms with van der Waals surface area (Å²) < 4.78 is 10.2. The van der Waals surface area contributed by atoms with Gasteiger partial charge in [0.05, 0.1) is 12.7 Å². The molecule has 25 heavy (non-hydrogen) atoms. The number of benzene rings is 2. The molecule has 0 spiro atoms. The maximum absolute atomic E-state index is 11.9. The van der Waals surface area contributed by atoms with Gasteiger partial charge < -0.3 is 20.1 Å². The van der Waals surface area contributed by atoms with E-state index in [1.165, 1.54) is 7.11 Å². The summed E-state index contributed by atoms with van der Waals surface area (Å²) in [4.78, 5) is 23.3. The number of carbonyl (C=O) groups excluding carboxylic acids is 2. The lowest BCUT2D eigenvalue weighted by atomic mass is 10.1. The third-order valence-corrected chi connectivity index (χ3v) is 3.54. The highest BCUT2D eigenvalue weighted by Crippen LogP contribution is 2.16. The molecule has 2 N–H and O–H groups in total. The fraction of sp³-hybridized carbons (Fsp3) is 0.222. The Morgan fingerprint density at radius 1 is 1.08 bits per heavy atom. The van der Waals surface area contributed by atoms with Crippen molar-refractivity contribution < 1.29 is 19.1 Å². The first-order chi connectivity index (χ1) is 12.0. The van der Waals surface area contributed by atoms with Gasteiger partial charge in [-0.25, -0.2) is 9.59 Å². The highest BCUT2D eigenvalue weighted by Gasteiger charge is 2.09. The minimum Gasteiger partial charge on any atom is -0.471 e. The average molecular weight is 363 g/mol. The number of amides is 2. The molecule has 0 aliphatic rings. The van der Waals surface area contributed by atoms with Gasteiger partial charge in [0.15, 0.2) is 6.23 Å². The predicted octanol–water partition coefficient (Wildman–Crippen LogP) is 3.35. The molecule has 0 aromatic heterocycles. The molecule has 0 saturated heterocycles. The first-order valence-corrected chi connectivity index (χ1v) is 7.99. The fourth-order valence-electron chi connectivity index (χ4n) is 2.04. The van der Waals surface area contributed by atoms with E-state index in [4.69, 9.17) is 16.3 Å². The molecule has 0 aliphatic carbocycles. The third kappa shape index (κ3) is 6.00. The molecule has 0 saturated carbocycles. The van der Waals surface area contributed by atoms with E-state index in [1.807, 2.05) is 0 Å². The largest absolute Gasteiger partial charge is 0.471 e. The number of urea groups is 1. The van der Waals surface area contributed by atoms with Gasteiger partial charge in [-0.1, -0.05) is 23.7 Å². The molecular weight excluding hydrogens is 344 g/mol. The lowest BCUT2D eigenvalue weighted by molar-refractivity contribution is 0.0600. The number of methoxy groups -OCH3 is 1. The molecule has 0 heterocycles. The number of hydrogen-bond donors (Lipinski definition) is 2. The van der Waals surface area contributed by atoms with Gasteiger partial charge in [0.2, 0.25) is 0 Å². The minimum absolute atomic E-state index is 0.320. The SMILES string of the molecule is COC(=O)c1ccc(CNC(=O)NC(C)Oc2ccc(Cl)cc2)cc1. The molecule has 1 atom stereocenters. The Morgan fingerprint density at radius 3 is 2.32 bits per heavy atom. The molecule has 2 rings (SSSR count). The number of halogens is 1. The van der Waals surface area contributed by atoms with Crippen LogP contribution in [0, 0.1) is 0 Å². The zero-order valence-corrected chi connectivity index (χ0v) is 14.7. The highest BCUT2D eigenvalue weighted by molar-refractivity contribution is 6.30. The number of rotatable bonds is 6. The van der Waals surface area contributed by atoms with Crippen LogP contribution in [0.1, 0.15) is 22.8 Å². The van der Waals surface area contributed by atoms with Gasteiger partial charge in [-0.3, -0.25) is 0 Å². The summed E-state index contributed by atoms with van der Waals surface area (Å²) in [5, 5.41) is 6.01. The van der Waals surface area contributed by atoms with E-state index in [9.17, 15) is 9.59 Å². The average Bonchev–Trinajstić information content (AvgIpc) is 2.61. The van der Waals surface area contributed by atoms with Crippen molar-refractivity contribution in [3.63, 3.8) is 0 Å². The van der Waals surface area contributed by atoms with Crippen molar-refractivity contribution in [3.05, 3.63) is 64.7 Å². The lowest BCUT2D eigenvalue weighted by Gasteiger charge is -2.17. The molecule has 2 aromatic rings. The Labute approximate surface area is 151 Å². The normalized spacial score (nSPS) is 11.3. The van der Waals surface area contributed by atoms with E-state index in [0.29, 0.717) is 22.9 Å². The quantitative estimate of drug-likeness (QED) is 0.610. The number of ether oxygens (including phenoxy) is 2. The maximum atomic E-state index is 11.9. The van der Waals surface area contributed by atoms with Crippen LogP contribution >= 0.6 is 11.6 Å². The fourth-order valence-corrected chi connectivity index (χ4v) is 2.17. The van der Waals surface area contributed by atoms with Crippen LogP contribution in [-0.2, 0) is 11.3 Å². The van der Waals surface area contributed by atoms with E-state index in [1.54, 1.807) is 55.5 Å². The highest BCUT2D eigenvalue weighted by atomic mass is 35.5. The zero-order valence-electron chi connectivity index (χ0n) is 13.9. The number of esters is 1. The molecule has 6 nitrogen and oxygen atoms in total. The molecule has 0 bridgehead atoms. The van der Waals surface area contributed by atoms with Gasteiger partial charge in [0, 0.05) is 11.6 Å². The van der Waals surface area contributed by atoms with Gasteiger partial charge in [-0.05, 0) is 48.9 Å². The van der Waals surface area contributed by atoms with Crippen molar-refractivity contribution >= 4 is 23.6 Å². The van der Waals surface area contributed by atoms with Gasteiger partial charge in [0.25, 0.3) is 0 Å². The second-order valence-corrected chi connectivity index (χ2v) is 5.67. The van der Waals surface area contributed by atoms with E-state index >= 15 is 0 Å². The Kier molecular flexibility index (Phi) is 6.65. The Balaban J connectivity index is 1.77. The summed E-state index contributed by atoms with van der Waals surface area (Å²) in [6, 6.07) is 13.3. The van der Waals surface area contributed by atoms with Crippen molar-refractivity contribution in [2.45, 2.75) is 19.7 Å². The molecular formula is C18H19ClN2O4.